The van der Waals surface area contributed by atoms with Crippen LogP contribution < -0.4 is 0 Å². The van der Waals surface area contributed by atoms with Crippen molar-refractivity contribution in [1.29, 1.82) is 0 Å². The zero-order valence-electron chi connectivity index (χ0n) is 13.7. The van der Waals surface area contributed by atoms with Crippen molar-refractivity contribution in [3.8, 4) is 0 Å². The van der Waals surface area contributed by atoms with E-state index in [2.05, 4.69) is 0 Å². The lowest BCUT2D eigenvalue weighted by Gasteiger charge is -2.10. The van der Waals surface area contributed by atoms with E-state index in [9.17, 15) is 13.2 Å². The lowest BCUT2D eigenvalue weighted by molar-refractivity contribution is -0.128. The van der Waals surface area contributed by atoms with Crippen LogP contribution in [0.25, 0.3) is 10.8 Å². The molecule has 0 aliphatic rings. The Morgan fingerprint density at radius 3 is 2.43 bits per heavy atom. The summed E-state index contributed by atoms with van der Waals surface area (Å²) in [4.78, 5) is 13.0. The molecule has 0 aromatic heterocycles. The summed E-state index contributed by atoms with van der Waals surface area (Å²) in [7, 11) is 0.247. The highest BCUT2D eigenvalue weighted by atomic mass is 32.2. The first-order valence-electron chi connectivity index (χ1n) is 7.76. The third-order valence-electron chi connectivity index (χ3n) is 3.85. The molecule has 4 nitrogen and oxygen atoms in total. The van der Waals surface area contributed by atoms with Gasteiger partial charge in [0.15, 0.2) is 9.84 Å². The summed E-state index contributed by atoms with van der Waals surface area (Å²) in [6, 6.07) is 13.6. The van der Waals surface area contributed by atoms with Crippen molar-refractivity contribution < 1.29 is 13.2 Å². The molecule has 0 unspecified atom stereocenters. The highest BCUT2D eigenvalue weighted by Gasteiger charge is 2.14. The molecule has 0 spiro atoms. The number of hydrogen-bond acceptors (Lipinski definition) is 3. The van der Waals surface area contributed by atoms with Crippen molar-refractivity contribution in [1.82, 2.24) is 4.90 Å². The second-order valence-corrected chi connectivity index (χ2v) is 8.16. The number of fused-ring (bicyclic) bond motifs is 1. The molecule has 0 atom stereocenters. The molecule has 0 fully saturated rings. The van der Waals surface area contributed by atoms with Crippen molar-refractivity contribution >= 4 is 26.5 Å². The number of carbonyl (C=O) groups is 1. The molecule has 0 N–H and O–H groups in total. The predicted octanol–water partition coefficient (Wildman–Crippen LogP) is 3.01. The maximum atomic E-state index is 12.3. The standard InChI is InChI=1S/C18H23NO3S/c1-19(2)18(20)12-5-6-13-23(21,22)14-16-10-7-9-15-8-3-4-11-17(15)16/h3-4,7-11H,5-6,12-14H2,1-2H3. The summed E-state index contributed by atoms with van der Waals surface area (Å²) < 4.78 is 24.7. The van der Waals surface area contributed by atoms with Gasteiger partial charge in [0.1, 0.15) is 0 Å². The molecule has 0 aliphatic carbocycles. The normalized spacial score (nSPS) is 11.6. The third kappa shape index (κ3) is 5.06. The SMILES string of the molecule is CN(C)C(=O)CCCCS(=O)(=O)Cc1cccc2ccccc12. The van der Waals surface area contributed by atoms with Gasteiger partial charge in [-0.05, 0) is 29.2 Å². The molecule has 0 aliphatic heterocycles. The number of benzene rings is 2. The van der Waals surface area contributed by atoms with E-state index in [0.717, 1.165) is 16.3 Å². The van der Waals surface area contributed by atoms with Crippen LogP contribution in [0.4, 0.5) is 0 Å². The summed E-state index contributed by atoms with van der Waals surface area (Å²) in [5, 5.41) is 2.04. The van der Waals surface area contributed by atoms with Crippen LogP contribution in [0.15, 0.2) is 42.5 Å². The van der Waals surface area contributed by atoms with Crippen molar-refractivity contribution in [2.45, 2.75) is 25.0 Å². The van der Waals surface area contributed by atoms with Crippen LogP contribution in [0, 0.1) is 0 Å². The first-order valence-corrected chi connectivity index (χ1v) is 9.58. The van der Waals surface area contributed by atoms with Crippen molar-refractivity contribution in [2.75, 3.05) is 19.8 Å². The van der Waals surface area contributed by atoms with Crippen molar-refractivity contribution in [3.05, 3.63) is 48.0 Å². The number of hydrogen-bond donors (Lipinski definition) is 0. The van der Waals surface area contributed by atoms with E-state index < -0.39 is 9.84 Å². The van der Waals surface area contributed by atoms with Crippen LogP contribution in [0.1, 0.15) is 24.8 Å². The molecule has 0 radical (unpaired) electrons. The maximum absolute atomic E-state index is 12.3. The molecule has 124 valence electrons. The Morgan fingerprint density at radius 1 is 1.00 bits per heavy atom. The lowest BCUT2D eigenvalue weighted by atomic mass is 10.1. The molecule has 23 heavy (non-hydrogen) atoms. The van der Waals surface area contributed by atoms with Gasteiger partial charge in [-0.2, -0.15) is 0 Å². The fourth-order valence-electron chi connectivity index (χ4n) is 2.55. The Hall–Kier alpha value is -1.88. The third-order valence-corrected chi connectivity index (χ3v) is 5.51. The Bertz CT molecular complexity index is 776. The topological polar surface area (TPSA) is 54.5 Å². The van der Waals surface area contributed by atoms with Gasteiger partial charge in [0, 0.05) is 20.5 Å². The smallest absolute Gasteiger partial charge is 0.222 e. The van der Waals surface area contributed by atoms with Gasteiger partial charge in [-0.3, -0.25) is 4.79 Å². The summed E-state index contributed by atoms with van der Waals surface area (Å²) in [5.41, 5.74) is 0.840. The van der Waals surface area contributed by atoms with Gasteiger partial charge < -0.3 is 4.90 Å². The molecule has 0 saturated carbocycles. The molecular formula is C18H23NO3S. The fourth-order valence-corrected chi connectivity index (χ4v) is 4.06. The van der Waals surface area contributed by atoms with E-state index in [1.807, 2.05) is 42.5 Å². The molecule has 2 aromatic rings. The maximum Gasteiger partial charge on any atom is 0.222 e. The summed E-state index contributed by atoms with van der Waals surface area (Å²) in [5.74, 6) is 0.212. The molecule has 5 heteroatoms. The zero-order valence-corrected chi connectivity index (χ0v) is 14.5. The van der Waals surface area contributed by atoms with Gasteiger partial charge >= 0.3 is 0 Å². The van der Waals surface area contributed by atoms with Crippen molar-refractivity contribution in [2.24, 2.45) is 0 Å². The Balaban J connectivity index is 1.97. The average molecular weight is 333 g/mol. The first kappa shape index (κ1) is 17.5. The van der Waals surface area contributed by atoms with E-state index in [1.165, 1.54) is 4.90 Å². The number of rotatable bonds is 7. The molecule has 0 saturated heterocycles. The van der Waals surface area contributed by atoms with Gasteiger partial charge in [-0.1, -0.05) is 42.5 Å². The Kier molecular flexibility index (Phi) is 5.77. The predicted molar refractivity (Wildman–Crippen MR) is 94.0 cm³/mol. The van der Waals surface area contributed by atoms with Crippen LogP contribution in [0.3, 0.4) is 0 Å². The van der Waals surface area contributed by atoms with Crippen LogP contribution in [0.5, 0.6) is 0 Å². The monoisotopic (exact) mass is 333 g/mol. The van der Waals surface area contributed by atoms with Gasteiger partial charge in [-0.15, -0.1) is 0 Å². The van der Waals surface area contributed by atoms with Gasteiger partial charge in [0.05, 0.1) is 11.5 Å². The summed E-state index contributed by atoms with van der Waals surface area (Å²) in [6.45, 7) is 0. The van der Waals surface area contributed by atoms with E-state index >= 15 is 0 Å². The van der Waals surface area contributed by atoms with Gasteiger partial charge in [0.25, 0.3) is 0 Å². The highest BCUT2D eigenvalue weighted by molar-refractivity contribution is 7.90. The first-order chi connectivity index (χ1) is 10.9. The number of carbonyl (C=O) groups excluding carboxylic acids is 1. The number of amides is 1. The van der Waals surface area contributed by atoms with Gasteiger partial charge in [-0.25, -0.2) is 8.42 Å². The molecule has 1 amide bonds. The van der Waals surface area contributed by atoms with Crippen molar-refractivity contribution in [3.63, 3.8) is 0 Å². The van der Waals surface area contributed by atoms with E-state index in [4.69, 9.17) is 0 Å². The minimum absolute atomic E-state index is 0.0384. The molecular weight excluding hydrogens is 310 g/mol. The van der Waals surface area contributed by atoms with Crippen LogP contribution in [-0.2, 0) is 20.4 Å². The molecule has 0 bridgehead atoms. The lowest BCUT2D eigenvalue weighted by Crippen LogP contribution is -2.21. The fraction of sp³-hybridized carbons (Fsp3) is 0.389. The number of unbranched alkanes of at least 4 members (excludes halogenated alkanes) is 1. The number of nitrogens with zero attached hydrogens (tertiary/aromatic N) is 1. The van der Waals surface area contributed by atoms with E-state index in [1.54, 1.807) is 14.1 Å². The van der Waals surface area contributed by atoms with Crippen LogP contribution >= 0.6 is 0 Å². The Labute approximate surface area is 138 Å². The van der Waals surface area contributed by atoms with Gasteiger partial charge in [0.2, 0.25) is 5.91 Å². The summed E-state index contributed by atoms with van der Waals surface area (Å²) >= 11 is 0. The Morgan fingerprint density at radius 2 is 1.70 bits per heavy atom. The van der Waals surface area contributed by atoms with Crippen LogP contribution in [0.2, 0.25) is 0 Å². The molecule has 0 heterocycles. The van der Waals surface area contributed by atoms with E-state index in [0.29, 0.717) is 19.3 Å². The highest BCUT2D eigenvalue weighted by Crippen LogP contribution is 2.21. The molecule has 2 rings (SSSR count). The second-order valence-electron chi connectivity index (χ2n) is 5.98. The zero-order chi connectivity index (χ0) is 16.9. The quantitative estimate of drug-likeness (QED) is 0.732. The minimum Gasteiger partial charge on any atom is -0.349 e. The largest absolute Gasteiger partial charge is 0.349 e. The average Bonchev–Trinajstić information content (AvgIpc) is 2.51. The molecule has 2 aromatic carbocycles. The van der Waals surface area contributed by atoms with Crippen LogP contribution in [-0.4, -0.2) is 39.1 Å². The van der Waals surface area contributed by atoms with E-state index in [-0.39, 0.29) is 17.4 Å². The minimum atomic E-state index is -3.17. The number of sulfone groups is 1. The summed E-state index contributed by atoms with van der Waals surface area (Å²) in [6.07, 6.45) is 1.52. The second kappa shape index (κ2) is 7.59.